The van der Waals surface area contributed by atoms with E-state index in [0.717, 1.165) is 49.7 Å². The van der Waals surface area contributed by atoms with Crippen LogP contribution in [-0.4, -0.2) is 55.9 Å². The van der Waals surface area contributed by atoms with E-state index in [4.69, 9.17) is 9.47 Å². The van der Waals surface area contributed by atoms with Gasteiger partial charge in [-0.25, -0.2) is 0 Å². The van der Waals surface area contributed by atoms with Gasteiger partial charge in [0.2, 0.25) is 0 Å². The van der Waals surface area contributed by atoms with Gasteiger partial charge in [-0.05, 0) is 42.7 Å². The first-order valence-electron chi connectivity index (χ1n) is 12.6. The molecule has 180 valence electrons. The Morgan fingerprint density at radius 3 is 2.56 bits per heavy atom. The molecule has 5 rings (SSSR count). The molecule has 3 aromatic rings. The van der Waals surface area contributed by atoms with E-state index >= 15 is 0 Å². The summed E-state index contributed by atoms with van der Waals surface area (Å²) >= 11 is 0. The Morgan fingerprint density at radius 2 is 1.74 bits per heavy atom. The number of benzene rings is 2. The average molecular weight is 461 g/mol. The molecule has 1 N–H and O–H groups in total. The zero-order chi connectivity index (χ0) is 23.2. The minimum Gasteiger partial charge on any atom is -0.495 e. The van der Waals surface area contributed by atoms with E-state index in [1.54, 1.807) is 7.11 Å². The van der Waals surface area contributed by atoms with Crippen LogP contribution in [0.25, 0.3) is 10.9 Å². The second kappa shape index (κ2) is 11.1. The second-order valence-corrected chi connectivity index (χ2v) is 9.39. The highest BCUT2D eigenvalue weighted by Crippen LogP contribution is 2.30. The Kier molecular flexibility index (Phi) is 7.46. The van der Waals surface area contributed by atoms with Crippen molar-refractivity contribution in [1.29, 1.82) is 0 Å². The molecule has 6 nitrogen and oxygen atoms in total. The van der Waals surface area contributed by atoms with Crippen LogP contribution >= 0.6 is 0 Å². The average Bonchev–Trinajstić information content (AvgIpc) is 2.91. The number of para-hydroxylation sites is 2. The van der Waals surface area contributed by atoms with Gasteiger partial charge in [0.1, 0.15) is 23.7 Å². The van der Waals surface area contributed by atoms with Gasteiger partial charge in [-0.2, -0.15) is 0 Å². The van der Waals surface area contributed by atoms with Crippen molar-refractivity contribution >= 4 is 16.6 Å². The molecular formula is C28H36N4O2. The SMILES string of the molecule is COc1ccccc1N1CCN(Cc2ccc(OCNC3CCCCC3)c3ncccc23)CC1. The predicted molar refractivity (Wildman–Crippen MR) is 138 cm³/mol. The van der Waals surface area contributed by atoms with Crippen LogP contribution in [0.4, 0.5) is 5.69 Å². The summed E-state index contributed by atoms with van der Waals surface area (Å²) in [4.78, 5) is 9.63. The van der Waals surface area contributed by atoms with Crippen LogP contribution in [0.15, 0.2) is 54.7 Å². The first-order valence-corrected chi connectivity index (χ1v) is 12.6. The van der Waals surface area contributed by atoms with Crippen molar-refractivity contribution in [1.82, 2.24) is 15.2 Å². The Labute approximate surface area is 202 Å². The molecule has 1 saturated heterocycles. The normalized spacial score (nSPS) is 17.7. The van der Waals surface area contributed by atoms with E-state index in [1.807, 2.05) is 24.4 Å². The van der Waals surface area contributed by atoms with Gasteiger partial charge in [0.25, 0.3) is 0 Å². The number of pyridine rings is 1. The molecule has 0 atom stereocenters. The molecule has 6 heteroatoms. The molecule has 0 amide bonds. The van der Waals surface area contributed by atoms with Gasteiger partial charge in [-0.3, -0.25) is 15.2 Å². The van der Waals surface area contributed by atoms with Gasteiger partial charge < -0.3 is 14.4 Å². The lowest BCUT2D eigenvalue weighted by atomic mass is 9.96. The molecule has 1 saturated carbocycles. The molecule has 1 aliphatic carbocycles. The largest absolute Gasteiger partial charge is 0.495 e. The van der Waals surface area contributed by atoms with Gasteiger partial charge in [0, 0.05) is 50.3 Å². The van der Waals surface area contributed by atoms with E-state index in [9.17, 15) is 0 Å². The van der Waals surface area contributed by atoms with Crippen molar-refractivity contribution in [2.24, 2.45) is 0 Å². The fourth-order valence-electron chi connectivity index (χ4n) is 5.28. The lowest BCUT2D eigenvalue weighted by Crippen LogP contribution is -2.46. The number of methoxy groups -OCH3 is 1. The molecule has 1 aromatic heterocycles. The predicted octanol–water partition coefficient (Wildman–Crippen LogP) is 4.82. The molecule has 0 radical (unpaired) electrons. The van der Waals surface area contributed by atoms with Crippen molar-refractivity contribution in [3.05, 3.63) is 60.3 Å². The zero-order valence-electron chi connectivity index (χ0n) is 20.2. The maximum absolute atomic E-state index is 6.15. The number of aromatic nitrogens is 1. The first-order chi connectivity index (χ1) is 16.8. The van der Waals surface area contributed by atoms with Crippen LogP contribution in [-0.2, 0) is 6.54 Å². The summed E-state index contributed by atoms with van der Waals surface area (Å²) < 4.78 is 11.7. The quantitative estimate of drug-likeness (QED) is 0.486. The van der Waals surface area contributed by atoms with E-state index in [0.29, 0.717) is 12.8 Å². The highest BCUT2D eigenvalue weighted by molar-refractivity contribution is 5.87. The number of hydrogen-bond acceptors (Lipinski definition) is 6. The minimum atomic E-state index is 0.542. The topological polar surface area (TPSA) is 49.9 Å². The molecule has 1 aliphatic heterocycles. The fraction of sp³-hybridized carbons (Fsp3) is 0.464. The smallest absolute Gasteiger partial charge is 0.147 e. The van der Waals surface area contributed by atoms with Crippen molar-refractivity contribution in [3.63, 3.8) is 0 Å². The summed E-state index contributed by atoms with van der Waals surface area (Å²) in [6.45, 7) is 5.48. The van der Waals surface area contributed by atoms with Crippen molar-refractivity contribution < 1.29 is 9.47 Å². The molecular weight excluding hydrogens is 424 g/mol. The Morgan fingerprint density at radius 1 is 0.912 bits per heavy atom. The maximum atomic E-state index is 6.15. The summed E-state index contributed by atoms with van der Waals surface area (Å²) in [5.74, 6) is 1.81. The van der Waals surface area contributed by atoms with Crippen LogP contribution in [0.1, 0.15) is 37.7 Å². The third-order valence-electron chi connectivity index (χ3n) is 7.22. The van der Waals surface area contributed by atoms with Crippen LogP contribution in [0.3, 0.4) is 0 Å². The third-order valence-corrected chi connectivity index (χ3v) is 7.22. The van der Waals surface area contributed by atoms with Gasteiger partial charge in [-0.15, -0.1) is 0 Å². The molecule has 2 aliphatic rings. The van der Waals surface area contributed by atoms with Crippen molar-refractivity contribution in [2.75, 3.05) is 44.9 Å². The lowest BCUT2D eigenvalue weighted by Gasteiger charge is -2.36. The summed E-state index contributed by atoms with van der Waals surface area (Å²) in [5.41, 5.74) is 3.45. The Balaban J connectivity index is 1.22. The maximum Gasteiger partial charge on any atom is 0.147 e. The number of nitrogens with zero attached hydrogens (tertiary/aromatic N) is 3. The van der Waals surface area contributed by atoms with E-state index < -0.39 is 0 Å². The molecule has 0 spiro atoms. The van der Waals surface area contributed by atoms with E-state index in [-0.39, 0.29) is 0 Å². The zero-order valence-corrected chi connectivity index (χ0v) is 20.2. The number of rotatable bonds is 8. The molecule has 2 aromatic carbocycles. The standard InChI is InChI=1S/C28H36N4O2/c1-33-26-12-6-5-11-25(26)32-18-16-31(17-19-32)20-22-13-14-27(28-24(22)10-7-15-29-28)34-21-30-23-8-3-2-4-9-23/h5-7,10-15,23,30H,2-4,8-9,16-21H2,1H3. The molecule has 34 heavy (non-hydrogen) atoms. The van der Waals surface area contributed by atoms with Crippen LogP contribution in [0.5, 0.6) is 11.5 Å². The number of hydrogen-bond donors (Lipinski definition) is 1. The summed E-state index contributed by atoms with van der Waals surface area (Å²) in [7, 11) is 1.74. The Hall–Kier alpha value is -2.83. The van der Waals surface area contributed by atoms with Gasteiger partial charge in [0.05, 0.1) is 12.8 Å². The highest BCUT2D eigenvalue weighted by Gasteiger charge is 2.21. The van der Waals surface area contributed by atoms with E-state index in [2.05, 4.69) is 50.4 Å². The number of ether oxygens (including phenoxy) is 2. The number of fused-ring (bicyclic) bond motifs is 1. The highest BCUT2D eigenvalue weighted by atomic mass is 16.5. The number of piperazine rings is 1. The fourth-order valence-corrected chi connectivity index (χ4v) is 5.28. The lowest BCUT2D eigenvalue weighted by molar-refractivity contribution is 0.241. The molecule has 2 heterocycles. The second-order valence-electron chi connectivity index (χ2n) is 9.39. The monoisotopic (exact) mass is 460 g/mol. The summed E-state index contributed by atoms with van der Waals surface area (Å²) in [6.07, 6.45) is 8.38. The minimum absolute atomic E-state index is 0.542. The van der Waals surface area contributed by atoms with Crippen molar-refractivity contribution in [3.8, 4) is 11.5 Å². The number of anilines is 1. The van der Waals surface area contributed by atoms with Crippen molar-refractivity contribution in [2.45, 2.75) is 44.7 Å². The van der Waals surface area contributed by atoms with Crippen LogP contribution in [0, 0.1) is 0 Å². The van der Waals surface area contributed by atoms with Gasteiger partial charge in [0.15, 0.2) is 0 Å². The first kappa shape index (κ1) is 22.9. The van der Waals surface area contributed by atoms with Gasteiger partial charge in [-0.1, -0.05) is 43.5 Å². The summed E-state index contributed by atoms with van der Waals surface area (Å²) in [6, 6.07) is 17.4. The van der Waals surface area contributed by atoms with Crippen LogP contribution < -0.4 is 19.7 Å². The number of nitrogens with one attached hydrogen (secondary N) is 1. The molecule has 0 unspecified atom stereocenters. The van der Waals surface area contributed by atoms with E-state index in [1.165, 1.54) is 48.7 Å². The van der Waals surface area contributed by atoms with Gasteiger partial charge >= 0.3 is 0 Å². The molecule has 0 bridgehead atoms. The third kappa shape index (κ3) is 5.29. The van der Waals surface area contributed by atoms with Crippen LogP contribution in [0.2, 0.25) is 0 Å². The Bertz CT molecular complexity index is 1070. The molecule has 2 fully saturated rings. The summed E-state index contributed by atoms with van der Waals surface area (Å²) in [5, 5.41) is 4.75.